The summed E-state index contributed by atoms with van der Waals surface area (Å²) < 4.78 is 2.38. The van der Waals surface area contributed by atoms with Gasteiger partial charge in [-0.25, -0.2) is 0 Å². The number of aryl methyl sites for hydroxylation is 1. The number of hydrogen-bond donors (Lipinski definition) is 1. The molecule has 3 aromatic heterocycles. The van der Waals surface area contributed by atoms with Gasteiger partial charge >= 0.3 is 0 Å². The van der Waals surface area contributed by atoms with Gasteiger partial charge in [-0.3, -0.25) is 9.97 Å². The van der Waals surface area contributed by atoms with E-state index in [9.17, 15) is 0 Å². The first kappa shape index (κ1) is 23.2. The van der Waals surface area contributed by atoms with E-state index in [4.69, 9.17) is 17.2 Å². The van der Waals surface area contributed by atoms with Crippen molar-refractivity contribution in [2.75, 3.05) is 4.90 Å². The lowest BCUT2D eigenvalue weighted by molar-refractivity contribution is 0.563. The van der Waals surface area contributed by atoms with E-state index in [1.54, 1.807) is 0 Å². The van der Waals surface area contributed by atoms with E-state index in [0.29, 0.717) is 5.92 Å². The molecule has 4 aromatic rings. The van der Waals surface area contributed by atoms with Crippen LogP contribution in [0.1, 0.15) is 65.6 Å². The highest BCUT2D eigenvalue weighted by atomic mass is 32.1. The molecule has 1 N–H and O–H groups in total. The standard InChI is InChI=1S/C29H31N5S/c1-19(2)23-8-10-24(11-9-23)34-28(27(32-29(34)35)26-7-5-6-14-31-26)25-17-20(3)33(21(25)4)18-22-12-15-30-16-13-22/h5-17,19,27-28H,18H2,1-4H3,(H,32,35)/t27-,28+/m0/s1. The Kier molecular flexibility index (Phi) is 6.39. The molecular weight excluding hydrogens is 450 g/mol. The van der Waals surface area contributed by atoms with Crippen molar-refractivity contribution in [2.24, 2.45) is 0 Å². The lowest BCUT2D eigenvalue weighted by atomic mass is 9.96. The Balaban J connectivity index is 1.60. The minimum absolute atomic E-state index is 0.0142. The monoisotopic (exact) mass is 481 g/mol. The van der Waals surface area contributed by atoms with Crippen molar-refractivity contribution < 1.29 is 0 Å². The van der Waals surface area contributed by atoms with Crippen LogP contribution in [0, 0.1) is 13.8 Å². The van der Waals surface area contributed by atoms with Gasteiger partial charge in [-0.15, -0.1) is 0 Å². The van der Waals surface area contributed by atoms with Gasteiger partial charge in [-0.1, -0.05) is 32.0 Å². The van der Waals surface area contributed by atoms with Crippen LogP contribution in [-0.4, -0.2) is 19.6 Å². The summed E-state index contributed by atoms with van der Waals surface area (Å²) in [7, 11) is 0. The molecule has 1 aromatic carbocycles. The Morgan fingerprint density at radius 3 is 2.37 bits per heavy atom. The zero-order valence-electron chi connectivity index (χ0n) is 20.6. The number of nitrogens with one attached hydrogen (secondary N) is 1. The van der Waals surface area contributed by atoms with Gasteiger partial charge in [-0.05, 0) is 91.1 Å². The van der Waals surface area contributed by atoms with Crippen LogP contribution >= 0.6 is 12.2 Å². The predicted octanol–water partition coefficient (Wildman–Crippen LogP) is 6.24. The van der Waals surface area contributed by atoms with Crippen molar-refractivity contribution in [1.29, 1.82) is 0 Å². The number of benzene rings is 1. The van der Waals surface area contributed by atoms with Crippen molar-refractivity contribution in [3.8, 4) is 0 Å². The second-order valence-electron chi connectivity index (χ2n) is 9.51. The molecule has 0 amide bonds. The molecule has 1 aliphatic heterocycles. The maximum Gasteiger partial charge on any atom is 0.174 e. The second-order valence-corrected chi connectivity index (χ2v) is 9.90. The van der Waals surface area contributed by atoms with Gasteiger partial charge in [0.25, 0.3) is 0 Å². The summed E-state index contributed by atoms with van der Waals surface area (Å²) in [4.78, 5) is 11.1. The van der Waals surface area contributed by atoms with Crippen molar-refractivity contribution >= 4 is 23.0 Å². The van der Waals surface area contributed by atoms with Crippen LogP contribution in [0.15, 0.2) is 79.3 Å². The molecule has 0 radical (unpaired) electrons. The molecule has 5 nitrogen and oxygen atoms in total. The van der Waals surface area contributed by atoms with Gasteiger partial charge in [-0.2, -0.15) is 0 Å². The average Bonchev–Trinajstić information content (AvgIpc) is 3.36. The second kappa shape index (κ2) is 9.62. The van der Waals surface area contributed by atoms with Crippen LogP contribution in [0.3, 0.4) is 0 Å². The van der Waals surface area contributed by atoms with Crippen molar-refractivity contribution in [3.63, 3.8) is 0 Å². The van der Waals surface area contributed by atoms with Crippen LogP contribution in [-0.2, 0) is 6.54 Å². The normalized spacial score (nSPS) is 17.7. The van der Waals surface area contributed by atoms with Gasteiger partial charge < -0.3 is 14.8 Å². The zero-order valence-corrected chi connectivity index (χ0v) is 21.5. The van der Waals surface area contributed by atoms with E-state index in [1.165, 1.54) is 28.1 Å². The highest BCUT2D eigenvalue weighted by Gasteiger charge is 2.42. The average molecular weight is 482 g/mol. The van der Waals surface area contributed by atoms with E-state index in [1.807, 2.05) is 30.7 Å². The minimum atomic E-state index is -0.0525. The molecule has 178 valence electrons. The predicted molar refractivity (Wildman–Crippen MR) is 146 cm³/mol. The van der Waals surface area contributed by atoms with Crippen LogP contribution in [0.25, 0.3) is 0 Å². The fraction of sp³-hybridized carbons (Fsp3) is 0.276. The molecule has 0 saturated carbocycles. The van der Waals surface area contributed by atoms with Gasteiger partial charge in [0.15, 0.2) is 5.11 Å². The summed E-state index contributed by atoms with van der Waals surface area (Å²) in [5.41, 5.74) is 8.35. The minimum Gasteiger partial charge on any atom is -0.351 e. The summed E-state index contributed by atoms with van der Waals surface area (Å²) in [6.07, 6.45) is 5.55. The number of anilines is 1. The maximum absolute atomic E-state index is 5.92. The van der Waals surface area contributed by atoms with E-state index < -0.39 is 0 Å². The maximum atomic E-state index is 5.92. The molecule has 2 atom stereocenters. The number of thiocarbonyl (C=S) groups is 1. The molecule has 6 heteroatoms. The number of hydrogen-bond acceptors (Lipinski definition) is 3. The van der Waals surface area contributed by atoms with Gasteiger partial charge in [0.2, 0.25) is 0 Å². The summed E-state index contributed by atoms with van der Waals surface area (Å²) >= 11 is 5.92. The Morgan fingerprint density at radius 1 is 0.971 bits per heavy atom. The van der Waals surface area contributed by atoms with Crippen LogP contribution in [0.4, 0.5) is 5.69 Å². The molecule has 0 bridgehead atoms. The van der Waals surface area contributed by atoms with Crippen molar-refractivity contribution in [3.05, 3.63) is 113 Å². The molecule has 1 fully saturated rings. The number of nitrogens with zero attached hydrogens (tertiary/aromatic N) is 4. The molecule has 1 aliphatic rings. The SMILES string of the molecule is Cc1cc([C@@H]2[C@H](c3ccccn3)NC(=S)N2c2ccc(C(C)C)cc2)c(C)n1Cc1ccncc1. The molecule has 35 heavy (non-hydrogen) atoms. The topological polar surface area (TPSA) is 46.0 Å². The lowest BCUT2D eigenvalue weighted by Crippen LogP contribution is -2.29. The highest BCUT2D eigenvalue weighted by molar-refractivity contribution is 7.80. The first-order valence-electron chi connectivity index (χ1n) is 12.1. The molecular formula is C29H31N5S. The number of pyridine rings is 2. The summed E-state index contributed by atoms with van der Waals surface area (Å²) in [6, 6.07) is 21.3. The van der Waals surface area contributed by atoms with E-state index >= 15 is 0 Å². The smallest absolute Gasteiger partial charge is 0.174 e. The summed E-state index contributed by atoms with van der Waals surface area (Å²) in [6.45, 7) is 9.63. The van der Waals surface area contributed by atoms with E-state index in [0.717, 1.165) is 23.0 Å². The third kappa shape index (κ3) is 4.46. The Bertz CT molecular complexity index is 1310. The largest absolute Gasteiger partial charge is 0.351 e. The Labute approximate surface area is 212 Å². The fourth-order valence-electron chi connectivity index (χ4n) is 5.01. The quantitative estimate of drug-likeness (QED) is 0.330. The van der Waals surface area contributed by atoms with Crippen LogP contribution in [0.2, 0.25) is 0 Å². The van der Waals surface area contributed by atoms with Gasteiger partial charge in [0, 0.05) is 42.2 Å². The van der Waals surface area contributed by atoms with Gasteiger partial charge in [0.1, 0.15) is 0 Å². The molecule has 1 saturated heterocycles. The van der Waals surface area contributed by atoms with E-state index in [2.05, 4.69) is 96.0 Å². The van der Waals surface area contributed by atoms with Crippen molar-refractivity contribution in [2.45, 2.75) is 52.2 Å². The number of rotatable bonds is 6. The molecule has 0 spiro atoms. The lowest BCUT2D eigenvalue weighted by Gasteiger charge is -2.28. The van der Waals surface area contributed by atoms with Gasteiger partial charge in [0.05, 0.1) is 17.8 Å². The highest BCUT2D eigenvalue weighted by Crippen LogP contribution is 2.43. The first-order valence-corrected chi connectivity index (χ1v) is 12.5. The van der Waals surface area contributed by atoms with E-state index in [-0.39, 0.29) is 12.1 Å². The number of aromatic nitrogens is 3. The van der Waals surface area contributed by atoms with Crippen molar-refractivity contribution in [1.82, 2.24) is 19.9 Å². The Hall–Kier alpha value is -3.51. The molecule has 5 rings (SSSR count). The molecule has 0 aliphatic carbocycles. The summed E-state index contributed by atoms with van der Waals surface area (Å²) in [5, 5.41) is 4.31. The molecule has 4 heterocycles. The van der Waals surface area contributed by atoms with Crippen LogP contribution in [0.5, 0.6) is 0 Å². The zero-order chi connectivity index (χ0) is 24.5. The Morgan fingerprint density at radius 2 is 1.71 bits per heavy atom. The third-order valence-corrected chi connectivity index (χ3v) is 7.27. The molecule has 0 unspecified atom stereocenters. The summed E-state index contributed by atoms with van der Waals surface area (Å²) in [5.74, 6) is 0.483. The van der Waals surface area contributed by atoms with Crippen LogP contribution < -0.4 is 10.2 Å². The fourth-order valence-corrected chi connectivity index (χ4v) is 5.36. The first-order chi connectivity index (χ1) is 16.9. The third-order valence-electron chi connectivity index (χ3n) is 6.96.